The molecule has 1 rings (SSSR count). The second-order valence-corrected chi connectivity index (χ2v) is 3.53. The lowest BCUT2D eigenvalue weighted by atomic mass is 10.1. The second-order valence-electron chi connectivity index (χ2n) is 3.53. The number of carbonyl (C=O) groups is 1. The van der Waals surface area contributed by atoms with E-state index in [0.29, 0.717) is 0 Å². The number of aliphatic hydroxyl groups excluding tert-OH is 1. The van der Waals surface area contributed by atoms with Crippen LogP contribution in [0.15, 0.2) is 18.2 Å². The molecule has 0 aliphatic rings. The minimum absolute atomic E-state index is 0.217. The largest absolute Gasteiger partial charge is 0.394 e. The van der Waals surface area contributed by atoms with Crippen molar-refractivity contribution in [2.75, 3.05) is 6.61 Å². The van der Waals surface area contributed by atoms with E-state index in [4.69, 9.17) is 5.11 Å². The van der Waals surface area contributed by atoms with Gasteiger partial charge >= 0.3 is 0 Å². The van der Waals surface area contributed by atoms with Gasteiger partial charge in [-0.2, -0.15) is 0 Å². The van der Waals surface area contributed by atoms with Gasteiger partial charge in [-0.3, -0.25) is 4.79 Å². The molecule has 0 fully saturated rings. The molecule has 0 aliphatic heterocycles. The van der Waals surface area contributed by atoms with Crippen LogP contribution in [-0.4, -0.2) is 23.7 Å². The highest BCUT2D eigenvalue weighted by atomic mass is 19.1. The number of aliphatic hydroxyl groups is 1. The van der Waals surface area contributed by atoms with Gasteiger partial charge in [0.05, 0.1) is 13.0 Å². The van der Waals surface area contributed by atoms with Crippen molar-refractivity contribution in [1.82, 2.24) is 5.32 Å². The first-order chi connectivity index (χ1) is 7.54. The molecule has 2 N–H and O–H groups in total. The molecule has 88 valence electrons. The summed E-state index contributed by atoms with van der Waals surface area (Å²) < 4.78 is 26.3. The second kappa shape index (κ2) is 5.55. The molecule has 0 spiro atoms. The summed E-state index contributed by atoms with van der Waals surface area (Å²) in [5, 5.41) is 11.1. The van der Waals surface area contributed by atoms with Gasteiger partial charge in [0.15, 0.2) is 0 Å². The van der Waals surface area contributed by atoms with E-state index < -0.39 is 23.6 Å². The highest BCUT2D eigenvalue weighted by Gasteiger charge is 2.13. The minimum Gasteiger partial charge on any atom is -0.394 e. The van der Waals surface area contributed by atoms with Crippen LogP contribution < -0.4 is 5.32 Å². The number of benzene rings is 1. The first-order valence-electron chi connectivity index (χ1n) is 4.87. The van der Waals surface area contributed by atoms with Crippen LogP contribution in [0.25, 0.3) is 0 Å². The fourth-order valence-corrected chi connectivity index (χ4v) is 1.23. The summed E-state index contributed by atoms with van der Waals surface area (Å²) in [5.74, 6) is -2.01. The molecule has 1 aromatic rings. The lowest BCUT2D eigenvalue weighted by Gasteiger charge is -2.11. The minimum atomic E-state index is -0.744. The van der Waals surface area contributed by atoms with Crippen LogP contribution in [-0.2, 0) is 11.2 Å². The fraction of sp³-hybridized carbons (Fsp3) is 0.364. The lowest BCUT2D eigenvalue weighted by Crippen LogP contribution is -2.36. The standard InChI is InChI=1S/C11H13F2NO2/c1-7(6-15)14-11(16)5-8-9(12)3-2-4-10(8)13/h2-4,7,15H,5-6H2,1H3,(H,14,16)/t7-/m1/s1. The van der Waals surface area contributed by atoms with E-state index in [9.17, 15) is 13.6 Å². The summed E-state index contributed by atoms with van der Waals surface area (Å²) >= 11 is 0. The molecule has 0 heterocycles. The molecule has 0 bridgehead atoms. The maximum Gasteiger partial charge on any atom is 0.224 e. The van der Waals surface area contributed by atoms with Crippen LogP contribution in [0.5, 0.6) is 0 Å². The van der Waals surface area contributed by atoms with Crippen molar-refractivity contribution in [1.29, 1.82) is 0 Å². The van der Waals surface area contributed by atoms with Gasteiger partial charge in [0, 0.05) is 11.6 Å². The Hall–Kier alpha value is -1.49. The maximum absolute atomic E-state index is 13.2. The van der Waals surface area contributed by atoms with E-state index in [2.05, 4.69) is 5.32 Å². The van der Waals surface area contributed by atoms with E-state index in [1.165, 1.54) is 6.07 Å². The number of hydrogen-bond acceptors (Lipinski definition) is 2. The predicted molar refractivity (Wildman–Crippen MR) is 54.8 cm³/mol. The Morgan fingerprint density at radius 1 is 1.44 bits per heavy atom. The Balaban J connectivity index is 2.70. The molecule has 0 unspecified atom stereocenters. The first kappa shape index (κ1) is 12.6. The molecule has 16 heavy (non-hydrogen) atoms. The summed E-state index contributed by atoms with van der Waals surface area (Å²) in [5.41, 5.74) is -0.259. The topological polar surface area (TPSA) is 49.3 Å². The van der Waals surface area contributed by atoms with Gasteiger partial charge < -0.3 is 10.4 Å². The number of amides is 1. The fourth-order valence-electron chi connectivity index (χ4n) is 1.23. The van der Waals surface area contributed by atoms with E-state index in [1.807, 2.05) is 0 Å². The summed E-state index contributed by atoms with van der Waals surface area (Å²) in [7, 11) is 0. The van der Waals surface area contributed by atoms with E-state index in [0.717, 1.165) is 12.1 Å². The number of nitrogens with one attached hydrogen (secondary N) is 1. The zero-order valence-corrected chi connectivity index (χ0v) is 8.84. The third-order valence-electron chi connectivity index (χ3n) is 2.08. The summed E-state index contributed by atoms with van der Waals surface area (Å²) in [6.07, 6.45) is -0.372. The van der Waals surface area contributed by atoms with Gasteiger partial charge in [0.25, 0.3) is 0 Å². The molecule has 1 aromatic carbocycles. The molecular formula is C11H13F2NO2. The number of carbonyl (C=O) groups excluding carboxylic acids is 1. The molecule has 0 radical (unpaired) electrons. The number of hydrogen-bond donors (Lipinski definition) is 2. The first-order valence-corrected chi connectivity index (χ1v) is 4.87. The third kappa shape index (κ3) is 3.27. The van der Waals surface area contributed by atoms with E-state index in [1.54, 1.807) is 6.92 Å². The molecule has 0 saturated carbocycles. The Morgan fingerprint density at radius 3 is 2.50 bits per heavy atom. The quantitative estimate of drug-likeness (QED) is 0.809. The Morgan fingerprint density at radius 2 is 2.00 bits per heavy atom. The Bertz CT molecular complexity index is 362. The predicted octanol–water partition coefficient (Wildman–Crippen LogP) is 1.00. The van der Waals surface area contributed by atoms with Gasteiger partial charge in [-0.25, -0.2) is 8.78 Å². The van der Waals surface area contributed by atoms with Crippen molar-refractivity contribution < 1.29 is 18.7 Å². The smallest absolute Gasteiger partial charge is 0.224 e. The highest BCUT2D eigenvalue weighted by Crippen LogP contribution is 2.12. The molecule has 0 aliphatic carbocycles. The van der Waals surface area contributed by atoms with Crippen LogP contribution in [0.1, 0.15) is 12.5 Å². The van der Waals surface area contributed by atoms with E-state index >= 15 is 0 Å². The van der Waals surface area contributed by atoms with Crippen molar-refractivity contribution in [2.24, 2.45) is 0 Å². The van der Waals surface area contributed by atoms with Gasteiger partial charge in [0.2, 0.25) is 5.91 Å². The van der Waals surface area contributed by atoms with E-state index in [-0.39, 0.29) is 18.6 Å². The molecular weight excluding hydrogens is 216 g/mol. The van der Waals surface area contributed by atoms with Gasteiger partial charge in [-0.1, -0.05) is 6.07 Å². The van der Waals surface area contributed by atoms with Gasteiger partial charge in [0.1, 0.15) is 11.6 Å². The third-order valence-corrected chi connectivity index (χ3v) is 2.08. The molecule has 0 saturated heterocycles. The van der Waals surface area contributed by atoms with Crippen LogP contribution >= 0.6 is 0 Å². The molecule has 5 heteroatoms. The van der Waals surface area contributed by atoms with Crippen LogP contribution in [0, 0.1) is 11.6 Å². The Labute approximate surface area is 92.1 Å². The average Bonchev–Trinajstić information content (AvgIpc) is 2.23. The summed E-state index contributed by atoms with van der Waals surface area (Å²) in [6.45, 7) is 1.38. The van der Waals surface area contributed by atoms with Crippen molar-refractivity contribution in [3.63, 3.8) is 0 Å². The zero-order valence-electron chi connectivity index (χ0n) is 8.84. The lowest BCUT2D eigenvalue weighted by molar-refractivity contribution is -0.121. The summed E-state index contributed by atoms with van der Waals surface area (Å²) in [4.78, 5) is 11.3. The molecule has 0 aromatic heterocycles. The average molecular weight is 229 g/mol. The molecule has 1 amide bonds. The number of halogens is 2. The monoisotopic (exact) mass is 229 g/mol. The van der Waals surface area contributed by atoms with Crippen LogP contribution in [0.2, 0.25) is 0 Å². The van der Waals surface area contributed by atoms with Gasteiger partial charge in [-0.15, -0.1) is 0 Å². The van der Waals surface area contributed by atoms with Crippen molar-refractivity contribution >= 4 is 5.91 Å². The van der Waals surface area contributed by atoms with Crippen molar-refractivity contribution in [3.8, 4) is 0 Å². The summed E-state index contributed by atoms with van der Waals surface area (Å²) in [6, 6.07) is 3.01. The highest BCUT2D eigenvalue weighted by molar-refractivity contribution is 5.78. The SMILES string of the molecule is C[C@H](CO)NC(=O)Cc1c(F)cccc1F. The van der Waals surface area contributed by atoms with Gasteiger partial charge in [-0.05, 0) is 19.1 Å². The zero-order chi connectivity index (χ0) is 12.1. The molecule has 3 nitrogen and oxygen atoms in total. The van der Waals surface area contributed by atoms with Crippen molar-refractivity contribution in [3.05, 3.63) is 35.4 Å². The Kier molecular flexibility index (Phi) is 4.37. The van der Waals surface area contributed by atoms with Crippen molar-refractivity contribution in [2.45, 2.75) is 19.4 Å². The molecule has 1 atom stereocenters. The maximum atomic E-state index is 13.2. The van der Waals surface area contributed by atoms with Crippen LogP contribution in [0.4, 0.5) is 8.78 Å². The number of rotatable bonds is 4. The normalized spacial score (nSPS) is 12.2. The van der Waals surface area contributed by atoms with Crippen LogP contribution in [0.3, 0.4) is 0 Å².